The highest BCUT2D eigenvalue weighted by Crippen LogP contribution is 2.60. The van der Waals surface area contributed by atoms with Crippen molar-refractivity contribution >= 4 is 8.32 Å². The highest BCUT2D eigenvalue weighted by molar-refractivity contribution is 6.80. The summed E-state index contributed by atoms with van der Waals surface area (Å²) in [6.07, 6.45) is 0. The Morgan fingerprint density at radius 1 is 0.571 bits per heavy atom. The average Bonchev–Trinajstić information content (AvgIpc) is 1.77. The van der Waals surface area contributed by atoms with Crippen molar-refractivity contribution in [1.29, 1.82) is 0 Å². The fourth-order valence-electron chi connectivity index (χ4n) is 3.38. The molecule has 0 fully saturated rings. The normalized spacial score (nSPS) is 15.9. The smallest absolute Gasteiger partial charge is 0.253 e. The van der Waals surface area contributed by atoms with Crippen molar-refractivity contribution in [2.75, 3.05) is 0 Å². The number of rotatable bonds is 0. The second-order valence-corrected chi connectivity index (χ2v) is 13.3. The summed E-state index contributed by atoms with van der Waals surface area (Å²) in [6.45, 7) is 19.0. The summed E-state index contributed by atoms with van der Waals surface area (Å²) in [4.78, 5) is 13.3. The Balaban J connectivity index is 5.54. The van der Waals surface area contributed by atoms with Gasteiger partial charge in [0, 0.05) is 0 Å². The Kier molecular flexibility index (Phi) is 3.38. The molecule has 0 saturated heterocycles. The molecule has 0 heterocycles. The van der Waals surface area contributed by atoms with E-state index in [0.29, 0.717) is 0 Å². The molecule has 0 amide bonds. The van der Waals surface area contributed by atoms with Gasteiger partial charge < -0.3 is 0 Å². The zero-order chi connectivity index (χ0) is 12.0. The summed E-state index contributed by atoms with van der Waals surface area (Å²) in [7, 11) is -2.60. The number of hydrogen-bond acceptors (Lipinski definition) is 0. The third kappa shape index (κ3) is 2.06. The van der Waals surface area contributed by atoms with Gasteiger partial charge in [0.15, 0.2) is 0 Å². The van der Waals surface area contributed by atoms with Crippen LogP contribution in [0.3, 0.4) is 0 Å². The first-order valence-electron chi connectivity index (χ1n) is 5.45. The van der Waals surface area contributed by atoms with E-state index in [-0.39, 0.29) is 15.1 Å². The van der Waals surface area contributed by atoms with Crippen molar-refractivity contribution in [3.8, 4) is 0 Å². The first kappa shape index (κ1) is 14.2. The van der Waals surface area contributed by atoms with Gasteiger partial charge in [0.1, 0.15) is 0 Å². The molecular weight excluding hydrogens is 188 g/mol. The van der Waals surface area contributed by atoms with Gasteiger partial charge in [-0.2, -0.15) is 0 Å². The van der Waals surface area contributed by atoms with E-state index in [1.807, 2.05) is 0 Å². The summed E-state index contributed by atoms with van der Waals surface area (Å²) in [5.41, 5.74) is 0. The van der Waals surface area contributed by atoms with E-state index in [9.17, 15) is 4.80 Å². The van der Waals surface area contributed by atoms with E-state index in [2.05, 4.69) is 62.3 Å². The Bertz CT molecular complexity index is 164. The molecule has 0 aromatic rings. The molecule has 0 aliphatic rings. The van der Waals surface area contributed by atoms with E-state index in [0.717, 1.165) is 0 Å². The molecular formula is C12H27OSi. The van der Waals surface area contributed by atoms with Gasteiger partial charge in [-0.15, -0.1) is 0 Å². The summed E-state index contributed by atoms with van der Waals surface area (Å²) in [6, 6.07) is 0. The van der Waals surface area contributed by atoms with Crippen LogP contribution >= 0.6 is 0 Å². The summed E-state index contributed by atoms with van der Waals surface area (Å²) in [5, 5.41) is -0.281. The van der Waals surface area contributed by atoms with Crippen LogP contribution in [0.25, 0.3) is 0 Å². The van der Waals surface area contributed by atoms with Crippen molar-refractivity contribution < 1.29 is 4.80 Å². The SMILES string of the molecule is CC(C)(C)[Si]([O])(C(C)(C)C)C(C)(C)C. The van der Waals surface area contributed by atoms with Crippen LogP contribution in [0.4, 0.5) is 0 Å². The van der Waals surface area contributed by atoms with E-state index < -0.39 is 8.32 Å². The fraction of sp³-hybridized carbons (Fsp3) is 1.00. The Labute approximate surface area is 91.1 Å². The average molecular weight is 215 g/mol. The van der Waals surface area contributed by atoms with Gasteiger partial charge >= 0.3 is 0 Å². The van der Waals surface area contributed by atoms with Gasteiger partial charge in [-0.3, -0.25) is 4.80 Å². The molecule has 0 saturated carbocycles. The molecule has 0 N–H and O–H groups in total. The highest BCUT2D eigenvalue weighted by atomic mass is 28.4. The fourth-order valence-corrected chi connectivity index (χ4v) is 10.1. The second-order valence-electron chi connectivity index (χ2n) is 7.43. The number of hydrogen-bond donors (Lipinski definition) is 0. The topological polar surface area (TPSA) is 19.9 Å². The predicted octanol–water partition coefficient (Wildman–Crippen LogP) is 4.76. The summed E-state index contributed by atoms with van der Waals surface area (Å²) < 4.78 is 0. The van der Waals surface area contributed by atoms with Crippen LogP contribution in [0.1, 0.15) is 62.3 Å². The molecule has 1 nitrogen and oxygen atoms in total. The highest BCUT2D eigenvalue weighted by Gasteiger charge is 2.61. The Morgan fingerprint density at radius 2 is 0.714 bits per heavy atom. The van der Waals surface area contributed by atoms with Gasteiger partial charge in [0.25, 0.3) is 8.32 Å². The van der Waals surface area contributed by atoms with Gasteiger partial charge in [-0.1, -0.05) is 62.3 Å². The first-order valence-corrected chi connectivity index (χ1v) is 7.36. The minimum Gasteiger partial charge on any atom is -0.296 e. The van der Waals surface area contributed by atoms with Gasteiger partial charge in [-0.05, 0) is 15.1 Å². The zero-order valence-corrected chi connectivity index (χ0v) is 12.4. The third-order valence-corrected chi connectivity index (χ3v) is 9.51. The van der Waals surface area contributed by atoms with Crippen LogP contribution in [0, 0.1) is 0 Å². The maximum Gasteiger partial charge on any atom is 0.253 e. The zero-order valence-electron chi connectivity index (χ0n) is 11.4. The maximum absolute atomic E-state index is 13.3. The van der Waals surface area contributed by atoms with Crippen LogP contribution in [-0.4, -0.2) is 8.32 Å². The van der Waals surface area contributed by atoms with Gasteiger partial charge in [-0.25, -0.2) is 0 Å². The monoisotopic (exact) mass is 215 g/mol. The van der Waals surface area contributed by atoms with Crippen LogP contribution in [-0.2, 0) is 4.80 Å². The predicted molar refractivity (Wildman–Crippen MR) is 65.6 cm³/mol. The van der Waals surface area contributed by atoms with E-state index in [1.165, 1.54) is 0 Å². The lowest BCUT2D eigenvalue weighted by molar-refractivity contribution is 0.297. The molecule has 0 aliphatic carbocycles. The van der Waals surface area contributed by atoms with Crippen molar-refractivity contribution in [2.24, 2.45) is 0 Å². The van der Waals surface area contributed by atoms with Crippen LogP contribution in [0.2, 0.25) is 15.1 Å². The first-order chi connectivity index (χ1) is 5.75. The van der Waals surface area contributed by atoms with Crippen molar-refractivity contribution in [3.63, 3.8) is 0 Å². The molecule has 85 valence electrons. The Hall–Kier alpha value is 0.177. The molecule has 0 aliphatic heterocycles. The minimum atomic E-state index is -2.60. The molecule has 14 heavy (non-hydrogen) atoms. The molecule has 1 radical (unpaired) electrons. The van der Waals surface area contributed by atoms with Gasteiger partial charge in [0.05, 0.1) is 0 Å². The molecule has 0 aromatic heterocycles. The molecule has 0 spiro atoms. The standard InChI is InChI=1S/C12H27OSi/c1-10(2,3)14(13,11(4,5)6)12(7,8)9/h1-9H3. The summed E-state index contributed by atoms with van der Waals surface area (Å²) >= 11 is 0. The quantitative estimate of drug-likeness (QED) is 0.519. The second kappa shape index (κ2) is 3.34. The van der Waals surface area contributed by atoms with Gasteiger partial charge in [0.2, 0.25) is 0 Å². The van der Waals surface area contributed by atoms with E-state index in [1.54, 1.807) is 0 Å². The lowest BCUT2D eigenvalue weighted by Gasteiger charge is -2.52. The minimum absolute atomic E-state index is 0.0938. The van der Waals surface area contributed by atoms with Crippen molar-refractivity contribution in [1.82, 2.24) is 0 Å². The lowest BCUT2D eigenvalue weighted by atomic mass is 10.2. The lowest BCUT2D eigenvalue weighted by Crippen LogP contribution is -2.57. The molecule has 0 atom stereocenters. The molecule has 0 unspecified atom stereocenters. The maximum atomic E-state index is 13.3. The van der Waals surface area contributed by atoms with Crippen LogP contribution < -0.4 is 0 Å². The Morgan fingerprint density at radius 3 is 0.714 bits per heavy atom. The van der Waals surface area contributed by atoms with E-state index in [4.69, 9.17) is 0 Å². The molecule has 0 aromatic carbocycles. The van der Waals surface area contributed by atoms with Crippen LogP contribution in [0.15, 0.2) is 0 Å². The van der Waals surface area contributed by atoms with Crippen molar-refractivity contribution in [2.45, 2.75) is 77.4 Å². The summed E-state index contributed by atoms with van der Waals surface area (Å²) in [5.74, 6) is 0. The van der Waals surface area contributed by atoms with Crippen LogP contribution in [0.5, 0.6) is 0 Å². The largest absolute Gasteiger partial charge is 0.296 e. The third-order valence-electron chi connectivity index (χ3n) is 3.17. The van der Waals surface area contributed by atoms with E-state index >= 15 is 0 Å². The molecule has 0 bridgehead atoms. The molecule has 0 rings (SSSR count). The molecule has 2 heteroatoms. The van der Waals surface area contributed by atoms with Crippen molar-refractivity contribution in [3.05, 3.63) is 0 Å².